The zero-order valence-electron chi connectivity index (χ0n) is 22.0. The van der Waals surface area contributed by atoms with E-state index in [-0.39, 0.29) is 43.8 Å². The highest BCUT2D eigenvalue weighted by molar-refractivity contribution is 5.85. The number of ether oxygens (including phenoxy) is 1. The van der Waals surface area contributed by atoms with Gasteiger partial charge in [0, 0.05) is 55.1 Å². The van der Waals surface area contributed by atoms with Crippen LogP contribution in [0.2, 0.25) is 0 Å². The molecule has 0 radical (unpaired) electrons. The molecule has 0 unspecified atom stereocenters. The number of aliphatic hydroxyl groups is 7. The van der Waals surface area contributed by atoms with Gasteiger partial charge < -0.3 is 40.5 Å². The van der Waals surface area contributed by atoms with Gasteiger partial charge in [0.25, 0.3) is 0 Å². The molecule has 4 aliphatic carbocycles. The average molecular weight is 546 g/mol. The third-order valence-electron chi connectivity index (χ3n) is 13.1. The van der Waals surface area contributed by atoms with Crippen molar-refractivity contribution in [1.29, 1.82) is 0 Å². The molecule has 3 heterocycles. The minimum absolute atomic E-state index is 0. The van der Waals surface area contributed by atoms with E-state index < -0.39 is 63.3 Å². The minimum atomic E-state index is -2.02. The molecule has 0 aromatic rings. The fraction of sp³-hybridized carbons (Fsp3) is 1.00. The summed E-state index contributed by atoms with van der Waals surface area (Å²) in [5.74, 6) is -3.30. The predicted octanol–water partition coefficient (Wildman–Crippen LogP) is -0.104. The normalized spacial score (nSPS) is 66.2. The number of aliphatic hydroxyl groups excluding tert-OH is 2. The molecule has 37 heavy (non-hydrogen) atoms. The van der Waals surface area contributed by atoms with Crippen LogP contribution in [0.15, 0.2) is 0 Å². The first-order valence-corrected chi connectivity index (χ1v) is 14.0. The summed E-state index contributed by atoms with van der Waals surface area (Å²) in [4.78, 5) is 2.12. The van der Waals surface area contributed by atoms with E-state index in [9.17, 15) is 35.7 Å². The molecule has 7 rings (SSSR count). The first kappa shape index (κ1) is 27.1. The Morgan fingerprint density at radius 2 is 1.46 bits per heavy atom. The Morgan fingerprint density at radius 1 is 0.784 bits per heavy atom. The summed E-state index contributed by atoms with van der Waals surface area (Å²) in [6.45, 7) is 6.70. The maximum Gasteiger partial charge on any atom is 0.196 e. The van der Waals surface area contributed by atoms with Crippen LogP contribution >= 0.6 is 12.4 Å². The van der Waals surface area contributed by atoms with Crippen LogP contribution < -0.4 is 0 Å². The molecule has 7 fully saturated rings. The molecular formula is C27H44ClNO8. The number of halogens is 1. The van der Waals surface area contributed by atoms with Gasteiger partial charge in [0.2, 0.25) is 0 Å². The van der Waals surface area contributed by atoms with Gasteiger partial charge in [-0.15, -0.1) is 12.4 Å². The van der Waals surface area contributed by atoms with E-state index in [1.807, 2.05) is 6.92 Å². The number of rotatable bonds is 0. The molecule has 14 atom stereocenters. The predicted molar refractivity (Wildman–Crippen MR) is 134 cm³/mol. The van der Waals surface area contributed by atoms with Crippen molar-refractivity contribution in [2.24, 2.45) is 29.1 Å². The molecule has 212 valence electrons. The van der Waals surface area contributed by atoms with Gasteiger partial charge in [-0.3, -0.25) is 4.90 Å². The first-order chi connectivity index (χ1) is 16.6. The van der Waals surface area contributed by atoms with Crippen LogP contribution in [0.1, 0.15) is 72.1 Å². The van der Waals surface area contributed by atoms with Gasteiger partial charge in [-0.1, -0.05) is 13.8 Å². The van der Waals surface area contributed by atoms with Crippen LogP contribution in [-0.4, -0.2) is 106 Å². The molecule has 0 aromatic carbocycles. The van der Waals surface area contributed by atoms with Gasteiger partial charge in [-0.2, -0.15) is 0 Å². The second-order valence-electron chi connectivity index (χ2n) is 14.3. The van der Waals surface area contributed by atoms with Gasteiger partial charge in [0.1, 0.15) is 28.5 Å². The molecule has 3 saturated heterocycles. The quantitative estimate of drug-likeness (QED) is 0.221. The first-order valence-electron chi connectivity index (χ1n) is 14.0. The van der Waals surface area contributed by atoms with Crippen molar-refractivity contribution in [3.8, 4) is 0 Å². The zero-order valence-corrected chi connectivity index (χ0v) is 22.8. The minimum Gasteiger partial charge on any atom is -0.390 e. The molecule has 0 amide bonds. The van der Waals surface area contributed by atoms with Crippen molar-refractivity contribution in [3.63, 3.8) is 0 Å². The van der Waals surface area contributed by atoms with Gasteiger partial charge >= 0.3 is 0 Å². The summed E-state index contributed by atoms with van der Waals surface area (Å²) in [6.07, 6.45) is 0.752. The van der Waals surface area contributed by atoms with E-state index in [4.69, 9.17) is 4.74 Å². The summed E-state index contributed by atoms with van der Waals surface area (Å²) in [7, 11) is 0. The Labute approximate surface area is 224 Å². The molecule has 9 nitrogen and oxygen atoms in total. The topological polar surface area (TPSA) is 154 Å². The Kier molecular flexibility index (Phi) is 5.43. The molecule has 0 aromatic heterocycles. The second kappa shape index (κ2) is 7.41. The zero-order chi connectivity index (χ0) is 25.9. The van der Waals surface area contributed by atoms with E-state index in [1.165, 1.54) is 0 Å². The van der Waals surface area contributed by atoms with Crippen molar-refractivity contribution < 1.29 is 40.5 Å². The Morgan fingerprint density at radius 3 is 2.16 bits per heavy atom. The van der Waals surface area contributed by atoms with Crippen molar-refractivity contribution >= 4 is 12.4 Å². The Balaban J connectivity index is 0.00000252. The Hall–Kier alpha value is -0.0700. The van der Waals surface area contributed by atoms with Crippen LogP contribution in [0.5, 0.6) is 0 Å². The monoisotopic (exact) mass is 545 g/mol. The highest BCUT2D eigenvalue weighted by Gasteiger charge is 2.88. The lowest BCUT2D eigenvalue weighted by atomic mass is 9.49. The number of nitrogens with zero attached hydrogens (tertiary/aromatic N) is 1. The lowest BCUT2D eigenvalue weighted by Gasteiger charge is -2.68. The van der Waals surface area contributed by atoms with Crippen molar-refractivity contribution in [2.45, 2.75) is 124 Å². The smallest absolute Gasteiger partial charge is 0.196 e. The van der Waals surface area contributed by atoms with Gasteiger partial charge in [0.05, 0.1) is 11.7 Å². The molecule has 1 spiro atoms. The van der Waals surface area contributed by atoms with Gasteiger partial charge in [-0.25, -0.2) is 0 Å². The summed E-state index contributed by atoms with van der Waals surface area (Å²) >= 11 is 0. The van der Waals surface area contributed by atoms with E-state index in [0.717, 1.165) is 6.42 Å². The summed E-state index contributed by atoms with van der Waals surface area (Å²) in [5.41, 5.74) is -9.07. The molecule has 3 aliphatic heterocycles. The summed E-state index contributed by atoms with van der Waals surface area (Å²) in [6, 6.07) is -0.360. The van der Waals surface area contributed by atoms with Gasteiger partial charge in [-0.05, 0) is 51.4 Å². The van der Waals surface area contributed by atoms with E-state index in [1.54, 1.807) is 6.92 Å². The third-order valence-corrected chi connectivity index (χ3v) is 13.1. The van der Waals surface area contributed by atoms with Crippen LogP contribution in [0.3, 0.4) is 0 Å². The molecular weight excluding hydrogens is 502 g/mol. The maximum absolute atomic E-state index is 12.7. The van der Waals surface area contributed by atoms with Crippen LogP contribution in [0.4, 0.5) is 0 Å². The lowest BCUT2D eigenvalue weighted by molar-refractivity contribution is -0.354. The second-order valence-corrected chi connectivity index (χ2v) is 14.3. The average Bonchev–Trinajstić information content (AvgIpc) is 2.97. The fourth-order valence-corrected chi connectivity index (χ4v) is 11.3. The Bertz CT molecular complexity index is 1000. The molecule has 7 N–H and O–H groups in total. The fourth-order valence-electron chi connectivity index (χ4n) is 11.3. The highest BCUT2D eigenvalue weighted by Crippen LogP contribution is 2.78. The molecule has 10 heteroatoms. The SMILES string of the molecule is C[C@H]1CC[C@@H]2N(C1)C[C@@H]1[C@](O)([C@@H](O)C[C@@]3(O)[C@@H]4CC[C@@H]5[C@]6(O)O[C@@]4(C[C@@]13O)[C@@]5(C)CC[C@H]6O)[C@]2(C)O.Cl. The maximum atomic E-state index is 12.7. The number of fused-ring (bicyclic) bond motifs is 5. The molecule has 7 aliphatic rings. The third kappa shape index (κ3) is 2.61. The van der Waals surface area contributed by atoms with Crippen molar-refractivity contribution in [1.82, 2.24) is 4.90 Å². The van der Waals surface area contributed by atoms with Gasteiger partial charge in [0.15, 0.2) is 5.79 Å². The summed E-state index contributed by atoms with van der Waals surface area (Å²) in [5, 5.41) is 83.2. The number of piperidine rings is 2. The van der Waals surface area contributed by atoms with Crippen molar-refractivity contribution in [3.05, 3.63) is 0 Å². The van der Waals surface area contributed by atoms with E-state index in [0.29, 0.717) is 44.6 Å². The van der Waals surface area contributed by atoms with Crippen LogP contribution in [-0.2, 0) is 4.74 Å². The largest absolute Gasteiger partial charge is 0.390 e. The number of hydrogen-bond acceptors (Lipinski definition) is 9. The van der Waals surface area contributed by atoms with E-state index in [2.05, 4.69) is 11.8 Å². The van der Waals surface area contributed by atoms with Crippen molar-refractivity contribution in [2.75, 3.05) is 13.1 Å². The molecule has 4 bridgehead atoms. The van der Waals surface area contributed by atoms with Crippen LogP contribution in [0.25, 0.3) is 0 Å². The highest BCUT2D eigenvalue weighted by atomic mass is 35.5. The lowest BCUT2D eigenvalue weighted by Crippen LogP contribution is -2.85. The molecule has 4 saturated carbocycles. The standard InChI is InChI=1S/C27H43NO8.ClH/c1-14-4-7-18-22(3,31)26(34)17(12-28(18)11-14)24(33)13-25-16(23(24,32)10-20(26)30)6-5-15-21(25,2)9-8-19(29)27(15,35)36-25;/h14-20,29-35H,4-13H2,1-3H3;1H/t14-,15-,16-,17-,18-,19+,20-,21-,22+,23+,24+,25+,26-,27-;/m0./s1. The summed E-state index contributed by atoms with van der Waals surface area (Å²) < 4.78 is 6.52. The van der Waals surface area contributed by atoms with Crippen LogP contribution in [0, 0.1) is 29.1 Å². The number of hydrogen-bond donors (Lipinski definition) is 7. The van der Waals surface area contributed by atoms with E-state index >= 15 is 0 Å².